The summed E-state index contributed by atoms with van der Waals surface area (Å²) in [6.45, 7) is 8.25. The van der Waals surface area contributed by atoms with Gasteiger partial charge in [-0.15, -0.1) is 0 Å². The van der Waals surface area contributed by atoms with Crippen LogP contribution in [0.2, 0.25) is 0 Å². The number of nitrogens with zero attached hydrogens (tertiary/aromatic N) is 1. The number of rotatable bonds is 4. The Morgan fingerprint density at radius 1 is 1.05 bits per heavy atom. The molecule has 0 unspecified atom stereocenters. The summed E-state index contributed by atoms with van der Waals surface area (Å²) in [6, 6.07) is 12.3. The maximum atomic E-state index is 6.01. The van der Waals surface area contributed by atoms with Gasteiger partial charge in [0.25, 0.3) is 0 Å². The third kappa shape index (κ3) is 3.69. The predicted octanol–water partition coefficient (Wildman–Crippen LogP) is 4.44. The first-order valence-corrected chi connectivity index (χ1v) is 7.25. The zero-order chi connectivity index (χ0) is 15.6. The van der Waals surface area contributed by atoms with E-state index in [0.717, 1.165) is 11.4 Å². The summed E-state index contributed by atoms with van der Waals surface area (Å²) in [5, 5.41) is 0. The van der Waals surface area contributed by atoms with Crippen molar-refractivity contribution in [1.82, 2.24) is 0 Å². The molecule has 0 spiro atoms. The van der Waals surface area contributed by atoms with Crippen LogP contribution in [-0.2, 0) is 0 Å². The Morgan fingerprint density at radius 3 is 2.38 bits per heavy atom. The van der Waals surface area contributed by atoms with Crippen LogP contribution in [0.15, 0.2) is 36.4 Å². The average Bonchev–Trinajstić information content (AvgIpc) is 2.36. The monoisotopic (exact) mass is 284 g/mol. The minimum absolute atomic E-state index is 0.131. The molecule has 3 heteroatoms. The lowest BCUT2D eigenvalue weighted by Crippen LogP contribution is -2.12. The van der Waals surface area contributed by atoms with Crippen LogP contribution < -0.4 is 15.4 Å². The molecule has 0 bridgehead atoms. The summed E-state index contributed by atoms with van der Waals surface area (Å²) < 4.78 is 5.76. The van der Waals surface area contributed by atoms with Gasteiger partial charge in [0.15, 0.2) is 0 Å². The van der Waals surface area contributed by atoms with Crippen LogP contribution in [0, 0.1) is 13.8 Å². The first-order valence-electron chi connectivity index (χ1n) is 7.25. The van der Waals surface area contributed by atoms with Crippen molar-refractivity contribution in [3.05, 3.63) is 47.5 Å². The highest BCUT2D eigenvalue weighted by Gasteiger charge is 2.10. The van der Waals surface area contributed by atoms with Crippen molar-refractivity contribution in [2.24, 2.45) is 0 Å². The molecule has 112 valence electrons. The van der Waals surface area contributed by atoms with Gasteiger partial charge in [0.2, 0.25) is 0 Å². The van der Waals surface area contributed by atoms with E-state index in [1.54, 1.807) is 0 Å². The molecule has 2 rings (SSSR count). The number of hydrogen-bond donors (Lipinski definition) is 1. The summed E-state index contributed by atoms with van der Waals surface area (Å²) in [6.07, 6.45) is 0.131. The highest BCUT2D eigenvalue weighted by Crippen LogP contribution is 2.32. The van der Waals surface area contributed by atoms with E-state index in [-0.39, 0.29) is 6.10 Å². The summed E-state index contributed by atoms with van der Waals surface area (Å²) >= 11 is 0. The first kappa shape index (κ1) is 15.2. The van der Waals surface area contributed by atoms with E-state index in [1.165, 1.54) is 16.8 Å². The molecule has 2 aromatic carbocycles. The number of ether oxygens (including phenoxy) is 1. The molecule has 0 amide bonds. The van der Waals surface area contributed by atoms with E-state index < -0.39 is 0 Å². The Balaban J connectivity index is 2.38. The standard InChI is InChI=1S/C18H24N2O/c1-12(2)21-17-10-15(19)9-16(11-17)20(5)18-7-6-13(3)8-14(18)4/h6-12H,19H2,1-5H3. The fourth-order valence-corrected chi connectivity index (χ4v) is 2.46. The van der Waals surface area contributed by atoms with E-state index in [1.807, 2.05) is 39.1 Å². The second-order valence-electron chi connectivity index (χ2n) is 5.78. The number of nitrogen functional groups attached to an aromatic ring is 1. The molecule has 0 saturated carbocycles. The van der Waals surface area contributed by atoms with Crippen molar-refractivity contribution >= 4 is 17.1 Å². The van der Waals surface area contributed by atoms with Crippen LogP contribution >= 0.6 is 0 Å². The molecule has 0 heterocycles. The van der Waals surface area contributed by atoms with Gasteiger partial charge >= 0.3 is 0 Å². The molecule has 0 fully saturated rings. The summed E-state index contributed by atoms with van der Waals surface area (Å²) in [5.41, 5.74) is 11.4. The summed E-state index contributed by atoms with van der Waals surface area (Å²) in [5.74, 6) is 0.802. The van der Waals surface area contributed by atoms with E-state index in [0.29, 0.717) is 5.69 Å². The summed E-state index contributed by atoms with van der Waals surface area (Å²) in [4.78, 5) is 2.14. The largest absolute Gasteiger partial charge is 0.491 e. The molecule has 3 nitrogen and oxygen atoms in total. The Bertz CT molecular complexity index is 635. The van der Waals surface area contributed by atoms with Crippen LogP contribution in [0.1, 0.15) is 25.0 Å². The second-order valence-corrected chi connectivity index (χ2v) is 5.78. The van der Waals surface area contributed by atoms with Crippen LogP contribution in [0.5, 0.6) is 5.75 Å². The second kappa shape index (κ2) is 6.08. The van der Waals surface area contributed by atoms with E-state index in [9.17, 15) is 0 Å². The number of anilines is 3. The Morgan fingerprint density at radius 2 is 1.76 bits per heavy atom. The highest BCUT2D eigenvalue weighted by molar-refractivity contribution is 5.70. The lowest BCUT2D eigenvalue weighted by atomic mass is 10.1. The number of hydrogen-bond acceptors (Lipinski definition) is 3. The normalized spacial score (nSPS) is 10.8. The van der Waals surface area contributed by atoms with Crippen molar-refractivity contribution in [3.8, 4) is 5.75 Å². The number of nitrogens with two attached hydrogens (primary N) is 1. The van der Waals surface area contributed by atoms with Crippen LogP contribution in [-0.4, -0.2) is 13.2 Å². The fraction of sp³-hybridized carbons (Fsp3) is 0.333. The van der Waals surface area contributed by atoms with E-state index >= 15 is 0 Å². The predicted molar refractivity (Wildman–Crippen MR) is 90.6 cm³/mol. The number of benzene rings is 2. The average molecular weight is 284 g/mol. The maximum absolute atomic E-state index is 6.01. The molecule has 21 heavy (non-hydrogen) atoms. The van der Waals surface area contributed by atoms with Crippen molar-refractivity contribution < 1.29 is 4.74 Å². The zero-order valence-electron chi connectivity index (χ0n) is 13.5. The fourth-order valence-electron chi connectivity index (χ4n) is 2.46. The number of aryl methyl sites for hydroxylation is 2. The van der Waals surface area contributed by atoms with Crippen LogP contribution in [0.4, 0.5) is 17.1 Å². The lowest BCUT2D eigenvalue weighted by molar-refractivity contribution is 0.242. The molecule has 2 aromatic rings. The lowest BCUT2D eigenvalue weighted by Gasteiger charge is -2.23. The van der Waals surface area contributed by atoms with Gasteiger partial charge in [0.1, 0.15) is 5.75 Å². The molecule has 0 aliphatic heterocycles. The Hall–Kier alpha value is -2.16. The quantitative estimate of drug-likeness (QED) is 0.843. The Kier molecular flexibility index (Phi) is 4.41. The van der Waals surface area contributed by atoms with Gasteiger partial charge in [-0.05, 0) is 45.4 Å². The Labute approximate surface area is 127 Å². The molecule has 0 atom stereocenters. The molecule has 0 saturated heterocycles. The molecular weight excluding hydrogens is 260 g/mol. The first-order chi connectivity index (χ1) is 9.86. The minimum atomic E-state index is 0.131. The van der Waals surface area contributed by atoms with E-state index in [2.05, 4.69) is 36.9 Å². The van der Waals surface area contributed by atoms with Gasteiger partial charge < -0.3 is 15.4 Å². The van der Waals surface area contributed by atoms with Gasteiger partial charge in [-0.2, -0.15) is 0 Å². The topological polar surface area (TPSA) is 38.5 Å². The maximum Gasteiger partial charge on any atom is 0.123 e. The highest BCUT2D eigenvalue weighted by atomic mass is 16.5. The van der Waals surface area contributed by atoms with Gasteiger partial charge in [0, 0.05) is 36.2 Å². The van der Waals surface area contributed by atoms with Crippen molar-refractivity contribution in [3.63, 3.8) is 0 Å². The van der Waals surface area contributed by atoms with Crippen molar-refractivity contribution in [1.29, 1.82) is 0 Å². The van der Waals surface area contributed by atoms with E-state index in [4.69, 9.17) is 10.5 Å². The smallest absolute Gasteiger partial charge is 0.123 e. The zero-order valence-corrected chi connectivity index (χ0v) is 13.5. The third-order valence-corrected chi connectivity index (χ3v) is 3.39. The molecule has 0 aliphatic carbocycles. The van der Waals surface area contributed by atoms with Crippen molar-refractivity contribution in [2.75, 3.05) is 17.7 Å². The molecular formula is C18H24N2O. The SMILES string of the molecule is Cc1ccc(N(C)c2cc(N)cc(OC(C)C)c2)c(C)c1. The van der Waals surface area contributed by atoms with Gasteiger partial charge in [-0.25, -0.2) is 0 Å². The molecule has 0 radical (unpaired) electrons. The van der Waals surface area contributed by atoms with Crippen LogP contribution in [0.3, 0.4) is 0 Å². The van der Waals surface area contributed by atoms with Gasteiger partial charge in [-0.1, -0.05) is 17.7 Å². The van der Waals surface area contributed by atoms with Crippen molar-refractivity contribution in [2.45, 2.75) is 33.8 Å². The third-order valence-electron chi connectivity index (χ3n) is 3.39. The molecule has 0 aromatic heterocycles. The van der Waals surface area contributed by atoms with Gasteiger partial charge in [-0.3, -0.25) is 0 Å². The molecule has 2 N–H and O–H groups in total. The van der Waals surface area contributed by atoms with Gasteiger partial charge in [0.05, 0.1) is 6.10 Å². The molecule has 0 aliphatic rings. The minimum Gasteiger partial charge on any atom is -0.491 e. The van der Waals surface area contributed by atoms with Crippen LogP contribution in [0.25, 0.3) is 0 Å². The summed E-state index contributed by atoms with van der Waals surface area (Å²) in [7, 11) is 2.05.